The fraction of sp³-hybridized carbons (Fsp3) is 0.765. The van der Waals surface area contributed by atoms with Crippen LogP contribution in [0.15, 0.2) is 11.8 Å². The highest BCUT2D eigenvalue weighted by Gasteiger charge is 2.73. The van der Waals surface area contributed by atoms with Gasteiger partial charge >= 0.3 is 5.97 Å². The molecular formula is C17H24O12. The zero-order valence-corrected chi connectivity index (χ0v) is 15.7. The van der Waals surface area contributed by atoms with Crippen molar-refractivity contribution in [3.8, 4) is 0 Å². The summed E-state index contributed by atoms with van der Waals surface area (Å²) < 4.78 is 20.4. The van der Waals surface area contributed by atoms with Crippen LogP contribution in [0, 0.1) is 5.92 Å². The van der Waals surface area contributed by atoms with Gasteiger partial charge in [0.25, 0.3) is 0 Å². The third-order valence-electron chi connectivity index (χ3n) is 5.80. The maximum atomic E-state index is 12.5. The van der Waals surface area contributed by atoms with Crippen LogP contribution in [-0.2, 0) is 28.5 Å². The van der Waals surface area contributed by atoms with Gasteiger partial charge in [-0.05, 0) is 0 Å². The molecule has 29 heavy (non-hydrogen) atoms. The molecule has 1 saturated heterocycles. The van der Waals surface area contributed by atoms with E-state index < -0.39 is 78.0 Å². The molecule has 0 unspecified atom stereocenters. The molecule has 9 atom stereocenters. The lowest BCUT2D eigenvalue weighted by Gasteiger charge is -2.48. The third kappa shape index (κ3) is 2.99. The largest absolute Gasteiger partial charge is 0.468 e. The quantitative estimate of drug-likeness (QED) is 0.244. The van der Waals surface area contributed by atoms with Crippen molar-refractivity contribution in [3.63, 3.8) is 0 Å². The van der Waals surface area contributed by atoms with Crippen molar-refractivity contribution in [2.75, 3.05) is 13.7 Å². The monoisotopic (exact) mass is 420 g/mol. The Hall–Kier alpha value is -1.64. The van der Waals surface area contributed by atoms with Gasteiger partial charge in [0.15, 0.2) is 23.3 Å². The number of carbonyl (C=O) groups is 2. The number of esters is 1. The summed E-state index contributed by atoms with van der Waals surface area (Å²) >= 11 is 0. The Kier molecular flexibility index (Phi) is 5.75. The second-order valence-electron chi connectivity index (χ2n) is 7.39. The fourth-order valence-electron chi connectivity index (χ4n) is 3.99. The summed E-state index contributed by atoms with van der Waals surface area (Å²) in [6.07, 6.45) is -9.63. The maximum absolute atomic E-state index is 12.5. The van der Waals surface area contributed by atoms with E-state index in [1.54, 1.807) is 0 Å². The highest BCUT2D eigenvalue weighted by Crippen LogP contribution is 2.51. The summed E-state index contributed by atoms with van der Waals surface area (Å²) in [5, 5.41) is 61.5. The van der Waals surface area contributed by atoms with Gasteiger partial charge in [0.2, 0.25) is 6.29 Å². The van der Waals surface area contributed by atoms with Crippen molar-refractivity contribution in [1.82, 2.24) is 0 Å². The number of ketones is 1. The minimum atomic E-state index is -2.71. The average Bonchev–Trinajstić information content (AvgIpc) is 2.88. The number of aliphatic hydroxyl groups excluding tert-OH is 4. The van der Waals surface area contributed by atoms with Crippen LogP contribution in [0.25, 0.3) is 0 Å². The van der Waals surface area contributed by atoms with Crippen LogP contribution in [0.1, 0.15) is 13.3 Å². The Morgan fingerprint density at radius 3 is 2.48 bits per heavy atom. The summed E-state index contributed by atoms with van der Waals surface area (Å²) in [6.45, 7) is 0.703. The molecule has 3 rings (SSSR count). The molecule has 2 heterocycles. The Morgan fingerprint density at radius 1 is 1.24 bits per heavy atom. The molecule has 12 heteroatoms. The van der Waals surface area contributed by atoms with Crippen LogP contribution in [-0.4, -0.2) is 104 Å². The summed E-state index contributed by atoms with van der Waals surface area (Å²) in [4.78, 5) is 24.5. The number of methoxy groups -OCH3 is 1. The molecular weight excluding hydrogens is 396 g/mol. The second kappa shape index (κ2) is 7.56. The Morgan fingerprint density at radius 2 is 1.90 bits per heavy atom. The molecule has 0 aromatic heterocycles. The standard InChI is InChI=1S/C17H24O12/c1-6-3-9(19)17(25)7(13(23)26-2)5-27-15(16(6,17)24)29-14-12(22)11(21)10(20)8(4-18)28-14/h5-6,8,10-12,14-15,18,20-22,24-25H,3-4H2,1-2H3/t6-,8-,10-,11+,12-,14+,15+,16-,17-/m1/s1. The fourth-order valence-corrected chi connectivity index (χ4v) is 3.99. The van der Waals surface area contributed by atoms with E-state index >= 15 is 0 Å². The summed E-state index contributed by atoms with van der Waals surface area (Å²) in [7, 11) is 1.02. The zero-order chi connectivity index (χ0) is 21.7. The molecule has 2 aliphatic heterocycles. The number of hydrogen-bond donors (Lipinski definition) is 6. The first-order valence-corrected chi connectivity index (χ1v) is 8.92. The molecule has 3 aliphatic rings. The van der Waals surface area contributed by atoms with Gasteiger partial charge in [-0.3, -0.25) is 4.79 Å². The van der Waals surface area contributed by atoms with Gasteiger partial charge in [-0.25, -0.2) is 4.79 Å². The van der Waals surface area contributed by atoms with Gasteiger partial charge in [0, 0.05) is 12.3 Å². The van der Waals surface area contributed by atoms with Gasteiger partial charge in [0.1, 0.15) is 36.3 Å². The van der Waals surface area contributed by atoms with E-state index in [1.807, 2.05) is 0 Å². The van der Waals surface area contributed by atoms with E-state index in [9.17, 15) is 40.2 Å². The van der Waals surface area contributed by atoms with Crippen molar-refractivity contribution >= 4 is 11.8 Å². The van der Waals surface area contributed by atoms with Crippen LogP contribution in [0.4, 0.5) is 0 Å². The molecule has 0 aromatic carbocycles. The molecule has 0 spiro atoms. The van der Waals surface area contributed by atoms with Crippen molar-refractivity contribution in [2.24, 2.45) is 5.92 Å². The highest BCUT2D eigenvalue weighted by molar-refractivity contribution is 6.05. The Balaban J connectivity index is 1.95. The van der Waals surface area contributed by atoms with Crippen molar-refractivity contribution in [1.29, 1.82) is 0 Å². The molecule has 2 fully saturated rings. The van der Waals surface area contributed by atoms with Crippen LogP contribution >= 0.6 is 0 Å². The minimum Gasteiger partial charge on any atom is -0.468 e. The maximum Gasteiger partial charge on any atom is 0.340 e. The van der Waals surface area contributed by atoms with E-state index in [0.717, 1.165) is 7.11 Å². The Bertz CT molecular complexity index is 707. The molecule has 164 valence electrons. The number of rotatable bonds is 4. The van der Waals surface area contributed by atoms with Crippen molar-refractivity contribution in [2.45, 2.75) is 61.5 Å². The van der Waals surface area contributed by atoms with Crippen LogP contribution in [0.5, 0.6) is 0 Å². The van der Waals surface area contributed by atoms with Gasteiger partial charge in [-0.1, -0.05) is 6.92 Å². The predicted octanol–water partition coefficient (Wildman–Crippen LogP) is -3.71. The average molecular weight is 420 g/mol. The zero-order valence-electron chi connectivity index (χ0n) is 15.7. The first-order valence-electron chi connectivity index (χ1n) is 8.92. The number of hydrogen-bond acceptors (Lipinski definition) is 12. The molecule has 0 radical (unpaired) electrons. The molecule has 1 saturated carbocycles. The number of Topliss-reactive ketones (excluding diaryl/α,β-unsaturated/α-hetero) is 1. The van der Waals surface area contributed by atoms with Crippen LogP contribution < -0.4 is 0 Å². The predicted molar refractivity (Wildman–Crippen MR) is 88.5 cm³/mol. The smallest absolute Gasteiger partial charge is 0.340 e. The van der Waals surface area contributed by atoms with Gasteiger partial charge < -0.3 is 49.6 Å². The van der Waals surface area contributed by atoms with Gasteiger partial charge in [-0.15, -0.1) is 0 Å². The summed E-state index contributed by atoms with van der Waals surface area (Å²) in [6, 6.07) is 0. The lowest BCUT2D eigenvalue weighted by molar-refractivity contribution is -0.369. The minimum absolute atomic E-state index is 0.320. The molecule has 0 bridgehead atoms. The molecule has 1 aliphatic carbocycles. The van der Waals surface area contributed by atoms with Crippen LogP contribution in [0.3, 0.4) is 0 Å². The number of carbonyl (C=O) groups excluding carboxylic acids is 2. The second-order valence-corrected chi connectivity index (χ2v) is 7.39. The summed E-state index contributed by atoms with van der Waals surface area (Å²) in [5.74, 6) is -2.92. The number of fused-ring (bicyclic) bond motifs is 1. The van der Waals surface area contributed by atoms with E-state index in [4.69, 9.17) is 14.2 Å². The lowest BCUT2D eigenvalue weighted by Crippen LogP contribution is -2.69. The molecule has 0 amide bonds. The van der Waals surface area contributed by atoms with Crippen LogP contribution in [0.2, 0.25) is 0 Å². The lowest BCUT2D eigenvalue weighted by atomic mass is 9.74. The highest BCUT2D eigenvalue weighted by atomic mass is 16.8. The molecule has 0 aromatic rings. The van der Waals surface area contributed by atoms with E-state index in [1.165, 1.54) is 6.92 Å². The van der Waals surface area contributed by atoms with E-state index in [-0.39, 0.29) is 6.42 Å². The first-order chi connectivity index (χ1) is 13.5. The number of ether oxygens (including phenoxy) is 4. The van der Waals surface area contributed by atoms with Crippen molar-refractivity contribution < 1.29 is 59.2 Å². The van der Waals surface area contributed by atoms with E-state index in [2.05, 4.69) is 4.74 Å². The number of aliphatic hydroxyl groups is 6. The van der Waals surface area contributed by atoms with Crippen molar-refractivity contribution in [3.05, 3.63) is 11.8 Å². The Labute approximate surface area is 164 Å². The molecule has 12 nitrogen and oxygen atoms in total. The van der Waals surface area contributed by atoms with Gasteiger partial charge in [0.05, 0.1) is 13.7 Å². The first kappa shape index (κ1) is 22.1. The third-order valence-corrected chi connectivity index (χ3v) is 5.80. The molecule has 6 N–H and O–H groups in total. The van der Waals surface area contributed by atoms with Gasteiger partial charge in [-0.2, -0.15) is 0 Å². The SMILES string of the molecule is COC(=O)C1=CO[C@@H](O[C@@H]2O[C@H](CO)[C@@H](O)[C@H](O)[C@H]2O)[C@]2(O)[C@H](C)CC(=O)[C@]12O. The normalized spacial score (nSPS) is 47.2. The summed E-state index contributed by atoms with van der Waals surface area (Å²) in [5.41, 5.74) is -5.80. The van der Waals surface area contributed by atoms with E-state index in [0.29, 0.717) is 6.26 Å². The topological polar surface area (TPSA) is 192 Å².